The van der Waals surface area contributed by atoms with Crippen molar-refractivity contribution in [3.05, 3.63) is 70.5 Å². The van der Waals surface area contributed by atoms with Gasteiger partial charge in [0.15, 0.2) is 0 Å². The largest absolute Gasteiger partial charge is 0.268 e. The zero-order valence-corrected chi connectivity index (χ0v) is 15.0. The van der Waals surface area contributed by atoms with Crippen LogP contribution in [0.2, 0.25) is 0 Å². The Morgan fingerprint density at radius 3 is 2.50 bits per heavy atom. The first-order valence-electron chi connectivity index (χ1n) is 8.15. The van der Waals surface area contributed by atoms with Crippen molar-refractivity contribution in [1.29, 1.82) is 0 Å². The normalized spacial score (nSPS) is 11.8. The highest BCUT2D eigenvalue weighted by atomic mass is 32.2. The van der Waals surface area contributed by atoms with Crippen LogP contribution < -0.4 is 10.3 Å². The molecule has 136 valence electrons. The predicted octanol–water partition coefficient (Wildman–Crippen LogP) is 2.35. The van der Waals surface area contributed by atoms with Gasteiger partial charge in [0.05, 0.1) is 28.9 Å². The standard InChI is InChI=1S/C18H18FN3O3S/c1-2-11-26(24,25)20-12-17-21-16-6-4-3-5-15(16)18(23)22(17)14-9-7-13(19)8-10-14/h3-10,20H,2,11-12H2,1H3. The van der Waals surface area contributed by atoms with Gasteiger partial charge in [-0.15, -0.1) is 0 Å². The molecule has 6 nitrogen and oxygen atoms in total. The summed E-state index contributed by atoms with van der Waals surface area (Å²) in [5.41, 5.74) is 0.548. The first-order chi connectivity index (χ1) is 12.4. The minimum atomic E-state index is -3.47. The highest BCUT2D eigenvalue weighted by Gasteiger charge is 2.15. The number of para-hydroxylation sites is 1. The second-order valence-corrected chi connectivity index (χ2v) is 7.73. The molecular weight excluding hydrogens is 357 g/mol. The van der Waals surface area contributed by atoms with Crippen LogP contribution in [0.3, 0.4) is 0 Å². The van der Waals surface area contributed by atoms with E-state index in [-0.39, 0.29) is 23.7 Å². The van der Waals surface area contributed by atoms with E-state index >= 15 is 0 Å². The number of halogens is 1. The van der Waals surface area contributed by atoms with E-state index in [1.807, 2.05) is 0 Å². The van der Waals surface area contributed by atoms with Gasteiger partial charge in [-0.25, -0.2) is 22.5 Å². The molecule has 0 bridgehead atoms. The van der Waals surface area contributed by atoms with Gasteiger partial charge in [0.25, 0.3) is 5.56 Å². The molecule has 3 rings (SSSR count). The van der Waals surface area contributed by atoms with Gasteiger partial charge in [0.2, 0.25) is 10.0 Å². The Bertz CT molecular complexity index is 1090. The number of nitrogens with one attached hydrogen (secondary N) is 1. The first kappa shape index (κ1) is 18.2. The maximum Gasteiger partial charge on any atom is 0.266 e. The summed E-state index contributed by atoms with van der Waals surface area (Å²) in [5, 5.41) is 0.400. The number of aromatic nitrogens is 2. The lowest BCUT2D eigenvalue weighted by Gasteiger charge is -2.14. The highest BCUT2D eigenvalue weighted by Crippen LogP contribution is 2.14. The molecule has 0 aliphatic heterocycles. The fourth-order valence-electron chi connectivity index (χ4n) is 2.67. The summed E-state index contributed by atoms with van der Waals surface area (Å²) < 4.78 is 41.0. The topological polar surface area (TPSA) is 81.1 Å². The summed E-state index contributed by atoms with van der Waals surface area (Å²) >= 11 is 0. The SMILES string of the molecule is CCCS(=O)(=O)NCc1nc2ccccc2c(=O)n1-c1ccc(F)cc1. The maximum absolute atomic E-state index is 13.3. The smallest absolute Gasteiger partial charge is 0.266 e. The molecule has 0 unspecified atom stereocenters. The third-order valence-electron chi connectivity index (χ3n) is 3.85. The Kier molecular flexibility index (Phi) is 5.15. The van der Waals surface area contributed by atoms with Crippen LogP contribution >= 0.6 is 0 Å². The van der Waals surface area contributed by atoms with Gasteiger partial charge in [-0.1, -0.05) is 19.1 Å². The summed E-state index contributed by atoms with van der Waals surface area (Å²) in [4.78, 5) is 17.4. The summed E-state index contributed by atoms with van der Waals surface area (Å²) in [6, 6.07) is 12.2. The highest BCUT2D eigenvalue weighted by molar-refractivity contribution is 7.89. The molecule has 1 heterocycles. The number of nitrogens with zero attached hydrogens (tertiary/aromatic N) is 2. The molecule has 0 atom stereocenters. The average molecular weight is 375 g/mol. The number of sulfonamides is 1. The molecule has 1 N–H and O–H groups in total. The molecule has 1 aromatic heterocycles. The maximum atomic E-state index is 13.3. The molecule has 0 amide bonds. The van der Waals surface area contributed by atoms with E-state index in [4.69, 9.17) is 0 Å². The molecule has 0 saturated heterocycles. The Morgan fingerprint density at radius 2 is 1.81 bits per heavy atom. The van der Waals surface area contributed by atoms with Crippen molar-refractivity contribution in [3.63, 3.8) is 0 Å². The van der Waals surface area contributed by atoms with E-state index in [9.17, 15) is 17.6 Å². The quantitative estimate of drug-likeness (QED) is 0.717. The predicted molar refractivity (Wildman–Crippen MR) is 98.2 cm³/mol. The third kappa shape index (κ3) is 3.81. The second kappa shape index (κ2) is 7.35. The van der Waals surface area contributed by atoms with Crippen LogP contribution in [0.25, 0.3) is 16.6 Å². The van der Waals surface area contributed by atoms with Crippen LogP contribution in [0.5, 0.6) is 0 Å². The van der Waals surface area contributed by atoms with E-state index < -0.39 is 15.8 Å². The van der Waals surface area contributed by atoms with Crippen molar-refractivity contribution < 1.29 is 12.8 Å². The van der Waals surface area contributed by atoms with Crippen LogP contribution in [0.1, 0.15) is 19.2 Å². The van der Waals surface area contributed by atoms with Crippen molar-refractivity contribution >= 4 is 20.9 Å². The third-order valence-corrected chi connectivity index (χ3v) is 5.38. The molecule has 0 saturated carbocycles. The van der Waals surface area contributed by atoms with Crippen LogP contribution in [0.15, 0.2) is 53.3 Å². The van der Waals surface area contributed by atoms with Gasteiger partial charge in [0.1, 0.15) is 11.6 Å². The average Bonchev–Trinajstić information content (AvgIpc) is 2.61. The second-order valence-electron chi connectivity index (χ2n) is 5.80. The van der Waals surface area contributed by atoms with Crippen LogP contribution in [0.4, 0.5) is 4.39 Å². The summed E-state index contributed by atoms with van der Waals surface area (Å²) in [7, 11) is -3.47. The molecule has 0 spiro atoms. The molecule has 26 heavy (non-hydrogen) atoms. The summed E-state index contributed by atoms with van der Waals surface area (Å²) in [6.07, 6.45) is 0.477. The van der Waals surface area contributed by atoms with Crippen molar-refractivity contribution in [2.45, 2.75) is 19.9 Å². The van der Waals surface area contributed by atoms with Crippen LogP contribution in [-0.4, -0.2) is 23.7 Å². The van der Waals surface area contributed by atoms with Gasteiger partial charge in [0, 0.05) is 0 Å². The molecule has 0 radical (unpaired) electrons. The number of hydrogen-bond acceptors (Lipinski definition) is 4. The summed E-state index contributed by atoms with van der Waals surface area (Å²) in [5.74, 6) is -0.206. The van der Waals surface area contributed by atoms with E-state index in [1.54, 1.807) is 31.2 Å². The van der Waals surface area contributed by atoms with Crippen LogP contribution in [0, 0.1) is 5.82 Å². The van der Waals surface area contributed by atoms with E-state index in [1.165, 1.54) is 28.8 Å². The monoisotopic (exact) mass is 375 g/mol. The minimum Gasteiger partial charge on any atom is -0.268 e. The number of benzene rings is 2. The lowest BCUT2D eigenvalue weighted by molar-refractivity contribution is 0.576. The number of rotatable bonds is 6. The van der Waals surface area contributed by atoms with E-state index in [0.717, 1.165) is 0 Å². The molecule has 0 fully saturated rings. The number of hydrogen-bond donors (Lipinski definition) is 1. The van der Waals surface area contributed by atoms with E-state index in [0.29, 0.717) is 23.0 Å². The number of fused-ring (bicyclic) bond motifs is 1. The minimum absolute atomic E-state index is 0.0125. The Labute approximate surface area is 150 Å². The van der Waals surface area contributed by atoms with Crippen molar-refractivity contribution in [2.75, 3.05) is 5.75 Å². The zero-order valence-electron chi connectivity index (χ0n) is 14.1. The van der Waals surface area contributed by atoms with Crippen molar-refractivity contribution in [1.82, 2.24) is 14.3 Å². The van der Waals surface area contributed by atoms with Gasteiger partial charge < -0.3 is 0 Å². The fraction of sp³-hybridized carbons (Fsp3) is 0.222. The van der Waals surface area contributed by atoms with Gasteiger partial charge in [-0.3, -0.25) is 9.36 Å². The molecule has 3 aromatic rings. The fourth-order valence-corrected chi connectivity index (χ4v) is 3.70. The van der Waals surface area contributed by atoms with Crippen molar-refractivity contribution in [2.24, 2.45) is 0 Å². The summed E-state index contributed by atoms with van der Waals surface area (Å²) in [6.45, 7) is 1.63. The molecule has 0 aliphatic rings. The molecule has 2 aromatic carbocycles. The van der Waals surface area contributed by atoms with Gasteiger partial charge >= 0.3 is 0 Å². The van der Waals surface area contributed by atoms with Crippen molar-refractivity contribution in [3.8, 4) is 5.69 Å². The van der Waals surface area contributed by atoms with E-state index in [2.05, 4.69) is 9.71 Å². The molecule has 0 aliphatic carbocycles. The lowest BCUT2D eigenvalue weighted by Crippen LogP contribution is -2.31. The Hall–Kier alpha value is -2.58. The van der Waals surface area contributed by atoms with Gasteiger partial charge in [-0.05, 0) is 42.8 Å². The lowest BCUT2D eigenvalue weighted by atomic mass is 10.2. The molecule has 8 heteroatoms. The first-order valence-corrected chi connectivity index (χ1v) is 9.80. The molecular formula is C18H18FN3O3S. The zero-order chi connectivity index (χ0) is 18.7. The van der Waals surface area contributed by atoms with Gasteiger partial charge in [-0.2, -0.15) is 0 Å². The Morgan fingerprint density at radius 1 is 1.12 bits per heavy atom. The Balaban J connectivity index is 2.15. The van der Waals surface area contributed by atoms with Crippen LogP contribution in [-0.2, 0) is 16.6 Å².